The van der Waals surface area contributed by atoms with Crippen LogP contribution in [0.2, 0.25) is 0 Å². The first-order valence-electron chi connectivity index (χ1n) is 9.66. The van der Waals surface area contributed by atoms with Gasteiger partial charge in [-0.25, -0.2) is 13.2 Å². The summed E-state index contributed by atoms with van der Waals surface area (Å²) in [5, 5.41) is 11.1. The van der Waals surface area contributed by atoms with Gasteiger partial charge in [0.2, 0.25) is 5.91 Å². The maximum atomic E-state index is 12.6. The van der Waals surface area contributed by atoms with E-state index < -0.39 is 15.8 Å². The molecule has 0 spiro atoms. The van der Waals surface area contributed by atoms with Crippen LogP contribution in [0.4, 0.5) is 5.69 Å². The summed E-state index contributed by atoms with van der Waals surface area (Å²) in [4.78, 5) is 24.4. The van der Waals surface area contributed by atoms with Gasteiger partial charge in [0.15, 0.2) is 15.0 Å². The van der Waals surface area contributed by atoms with Gasteiger partial charge in [0.1, 0.15) is 11.6 Å². The van der Waals surface area contributed by atoms with Gasteiger partial charge in [0.25, 0.3) is 0 Å². The first-order valence-corrected chi connectivity index (χ1v) is 12.3. The number of thioether (sulfide) groups is 1. The molecule has 0 atom stereocenters. The number of aromatic nitrogens is 3. The lowest BCUT2D eigenvalue weighted by Gasteiger charge is -2.08. The largest absolute Gasteiger partial charge is 0.462 e. The van der Waals surface area contributed by atoms with E-state index in [1.165, 1.54) is 18.2 Å². The van der Waals surface area contributed by atoms with Crippen molar-refractivity contribution in [2.24, 2.45) is 7.05 Å². The number of hydrogen-bond donors (Lipinski definition) is 1. The predicted molar refractivity (Wildman–Crippen MR) is 120 cm³/mol. The van der Waals surface area contributed by atoms with Gasteiger partial charge in [-0.05, 0) is 37.3 Å². The van der Waals surface area contributed by atoms with E-state index in [-0.39, 0.29) is 34.7 Å². The molecular weight excluding hydrogens is 452 g/mol. The third kappa shape index (κ3) is 5.95. The summed E-state index contributed by atoms with van der Waals surface area (Å²) in [5.74, 6) is -0.763. The Hall–Kier alpha value is -3.18. The van der Waals surface area contributed by atoms with Crippen molar-refractivity contribution >= 4 is 39.2 Å². The SMILES string of the molecule is CCOC(=O)c1cccc(NC(=O)CSc2nnc(CS(=O)(=O)c3ccccc3)n2C)c1. The standard InChI is InChI=1S/C21H22N4O5S2/c1-3-30-20(27)15-8-7-9-16(12-15)22-19(26)13-31-21-24-23-18(25(21)2)14-32(28,29)17-10-5-4-6-11-17/h4-12H,3,13-14H2,1-2H3,(H,22,26). The van der Waals surface area contributed by atoms with E-state index in [2.05, 4.69) is 15.5 Å². The van der Waals surface area contributed by atoms with Crippen LogP contribution in [-0.4, -0.2) is 47.4 Å². The lowest BCUT2D eigenvalue weighted by Crippen LogP contribution is -2.15. The molecule has 1 N–H and O–H groups in total. The van der Waals surface area contributed by atoms with Crippen molar-refractivity contribution in [3.63, 3.8) is 0 Å². The van der Waals surface area contributed by atoms with Crippen LogP contribution in [0.15, 0.2) is 64.6 Å². The van der Waals surface area contributed by atoms with E-state index in [4.69, 9.17) is 4.74 Å². The number of benzene rings is 2. The fourth-order valence-corrected chi connectivity index (χ4v) is 4.80. The highest BCUT2D eigenvalue weighted by Gasteiger charge is 2.20. The van der Waals surface area contributed by atoms with E-state index in [1.807, 2.05) is 0 Å². The zero-order valence-electron chi connectivity index (χ0n) is 17.5. The summed E-state index contributed by atoms with van der Waals surface area (Å²) < 4.78 is 31.6. The Morgan fingerprint density at radius 3 is 2.56 bits per heavy atom. The predicted octanol–water partition coefficient (Wildman–Crippen LogP) is 2.70. The van der Waals surface area contributed by atoms with Crippen LogP contribution in [-0.2, 0) is 32.2 Å². The number of nitrogens with one attached hydrogen (secondary N) is 1. The second kappa shape index (κ2) is 10.4. The topological polar surface area (TPSA) is 120 Å². The summed E-state index contributed by atoms with van der Waals surface area (Å²) in [6.07, 6.45) is 0. The molecule has 0 aliphatic heterocycles. The monoisotopic (exact) mass is 474 g/mol. The van der Waals surface area contributed by atoms with Crippen molar-refractivity contribution in [1.29, 1.82) is 0 Å². The van der Waals surface area contributed by atoms with Gasteiger partial charge in [0, 0.05) is 12.7 Å². The first-order chi connectivity index (χ1) is 15.3. The Morgan fingerprint density at radius 2 is 1.84 bits per heavy atom. The molecule has 168 valence electrons. The molecule has 1 aromatic heterocycles. The molecular formula is C21H22N4O5S2. The third-order valence-corrected chi connectivity index (χ3v) is 6.99. The molecule has 0 aliphatic carbocycles. The maximum Gasteiger partial charge on any atom is 0.338 e. The Bertz CT molecular complexity index is 1210. The Balaban J connectivity index is 1.60. The van der Waals surface area contributed by atoms with E-state index in [0.717, 1.165) is 11.8 Å². The van der Waals surface area contributed by atoms with Crippen molar-refractivity contribution in [2.75, 3.05) is 17.7 Å². The van der Waals surface area contributed by atoms with E-state index in [9.17, 15) is 18.0 Å². The lowest BCUT2D eigenvalue weighted by atomic mass is 10.2. The lowest BCUT2D eigenvalue weighted by molar-refractivity contribution is -0.113. The minimum Gasteiger partial charge on any atom is -0.462 e. The van der Waals surface area contributed by atoms with Crippen LogP contribution < -0.4 is 5.32 Å². The Kier molecular flexibility index (Phi) is 7.65. The second-order valence-corrected chi connectivity index (χ2v) is 9.60. The number of amides is 1. The van der Waals surface area contributed by atoms with Crippen LogP contribution in [0.25, 0.3) is 0 Å². The van der Waals surface area contributed by atoms with Gasteiger partial charge in [0.05, 0.1) is 22.8 Å². The number of anilines is 1. The number of carbonyl (C=O) groups excluding carboxylic acids is 2. The average Bonchev–Trinajstić information content (AvgIpc) is 3.12. The molecule has 11 heteroatoms. The number of ether oxygens (including phenoxy) is 1. The molecule has 2 aromatic carbocycles. The molecule has 0 fully saturated rings. The van der Waals surface area contributed by atoms with E-state index in [0.29, 0.717) is 16.4 Å². The van der Waals surface area contributed by atoms with Gasteiger partial charge in [-0.2, -0.15) is 0 Å². The zero-order chi connectivity index (χ0) is 23.1. The fourth-order valence-electron chi connectivity index (χ4n) is 2.74. The first kappa shape index (κ1) is 23.5. The smallest absolute Gasteiger partial charge is 0.338 e. The molecule has 9 nitrogen and oxygen atoms in total. The molecule has 0 radical (unpaired) electrons. The van der Waals surface area contributed by atoms with E-state index >= 15 is 0 Å². The molecule has 0 saturated heterocycles. The van der Waals surface area contributed by atoms with Gasteiger partial charge in [-0.15, -0.1) is 10.2 Å². The summed E-state index contributed by atoms with van der Waals surface area (Å²) in [6, 6.07) is 14.6. The van der Waals surface area contributed by atoms with Crippen molar-refractivity contribution < 1.29 is 22.7 Å². The molecule has 1 amide bonds. The molecule has 0 bridgehead atoms. The molecule has 3 aromatic rings. The number of carbonyl (C=O) groups is 2. The molecule has 32 heavy (non-hydrogen) atoms. The number of esters is 1. The van der Waals surface area contributed by atoms with Crippen molar-refractivity contribution in [2.45, 2.75) is 22.7 Å². The van der Waals surface area contributed by atoms with Gasteiger partial charge >= 0.3 is 5.97 Å². The molecule has 1 heterocycles. The highest BCUT2D eigenvalue weighted by atomic mass is 32.2. The fraction of sp³-hybridized carbons (Fsp3) is 0.238. The van der Waals surface area contributed by atoms with Gasteiger partial charge in [-0.1, -0.05) is 36.0 Å². The normalized spacial score (nSPS) is 11.2. The van der Waals surface area contributed by atoms with Crippen molar-refractivity contribution in [3.05, 3.63) is 66.0 Å². The average molecular weight is 475 g/mol. The Morgan fingerprint density at radius 1 is 1.09 bits per heavy atom. The van der Waals surface area contributed by atoms with Crippen molar-refractivity contribution in [1.82, 2.24) is 14.8 Å². The van der Waals surface area contributed by atoms with Crippen LogP contribution >= 0.6 is 11.8 Å². The summed E-state index contributed by atoms with van der Waals surface area (Å²) >= 11 is 1.13. The molecule has 3 rings (SSSR count). The summed E-state index contributed by atoms with van der Waals surface area (Å²) in [7, 11) is -1.91. The summed E-state index contributed by atoms with van der Waals surface area (Å²) in [6.45, 7) is 1.98. The number of nitrogens with zero attached hydrogens (tertiary/aromatic N) is 3. The molecule has 0 unspecified atom stereocenters. The van der Waals surface area contributed by atoms with Crippen LogP contribution in [0.3, 0.4) is 0 Å². The summed E-state index contributed by atoms with van der Waals surface area (Å²) in [5.41, 5.74) is 0.809. The molecule has 0 aliphatic rings. The van der Waals surface area contributed by atoms with Crippen LogP contribution in [0.1, 0.15) is 23.1 Å². The van der Waals surface area contributed by atoms with E-state index in [1.54, 1.807) is 54.9 Å². The minimum absolute atomic E-state index is 0.0288. The number of hydrogen-bond acceptors (Lipinski definition) is 8. The van der Waals surface area contributed by atoms with Gasteiger partial charge in [-0.3, -0.25) is 4.79 Å². The minimum atomic E-state index is -3.56. The maximum absolute atomic E-state index is 12.6. The Labute approximate surface area is 190 Å². The van der Waals surface area contributed by atoms with Crippen LogP contribution in [0, 0.1) is 0 Å². The number of sulfone groups is 1. The van der Waals surface area contributed by atoms with Crippen molar-refractivity contribution in [3.8, 4) is 0 Å². The molecule has 0 saturated carbocycles. The third-order valence-electron chi connectivity index (χ3n) is 4.34. The zero-order valence-corrected chi connectivity index (χ0v) is 19.1. The highest BCUT2D eigenvalue weighted by molar-refractivity contribution is 7.99. The van der Waals surface area contributed by atoms with Crippen LogP contribution in [0.5, 0.6) is 0 Å². The highest BCUT2D eigenvalue weighted by Crippen LogP contribution is 2.20. The quantitative estimate of drug-likeness (QED) is 0.371. The second-order valence-electron chi connectivity index (χ2n) is 6.67. The van der Waals surface area contributed by atoms with Gasteiger partial charge < -0.3 is 14.6 Å². The number of rotatable bonds is 9.